The molecule has 0 heterocycles. The predicted molar refractivity (Wildman–Crippen MR) is 126 cm³/mol. The Balaban J connectivity index is 1.98. The van der Waals surface area contributed by atoms with Crippen LogP contribution in [0.15, 0.2) is 77.7 Å². The van der Waals surface area contributed by atoms with Gasteiger partial charge < -0.3 is 14.8 Å². The van der Waals surface area contributed by atoms with E-state index in [4.69, 9.17) is 9.47 Å². The van der Waals surface area contributed by atoms with Gasteiger partial charge in [-0.3, -0.25) is 9.10 Å². The predicted octanol–water partition coefficient (Wildman–Crippen LogP) is 3.34. The Bertz CT molecular complexity index is 1300. The number of carbonyl (C=O) groups excluding carboxylic acids is 3. The molecule has 9 nitrogen and oxygen atoms in total. The molecule has 1 amide bonds. The molecule has 34 heavy (non-hydrogen) atoms. The largest absolute Gasteiger partial charge is 0.465 e. The molecule has 1 N–H and O–H groups in total. The van der Waals surface area contributed by atoms with Crippen LogP contribution in [0.4, 0.5) is 11.4 Å². The second-order valence-corrected chi connectivity index (χ2v) is 9.01. The van der Waals surface area contributed by atoms with E-state index in [-0.39, 0.29) is 33.0 Å². The van der Waals surface area contributed by atoms with Gasteiger partial charge in [0, 0.05) is 12.7 Å². The molecule has 3 aromatic rings. The highest BCUT2D eigenvalue weighted by atomic mass is 32.2. The van der Waals surface area contributed by atoms with Crippen LogP contribution >= 0.6 is 0 Å². The summed E-state index contributed by atoms with van der Waals surface area (Å²) in [7, 11) is -0.213. The van der Waals surface area contributed by atoms with E-state index in [0.29, 0.717) is 0 Å². The van der Waals surface area contributed by atoms with Gasteiger partial charge >= 0.3 is 11.9 Å². The highest BCUT2D eigenvalue weighted by Gasteiger charge is 2.25. The number of esters is 2. The average molecular weight is 483 g/mol. The molecule has 0 aliphatic heterocycles. The van der Waals surface area contributed by atoms with Crippen molar-refractivity contribution in [2.45, 2.75) is 4.90 Å². The first-order valence-corrected chi connectivity index (χ1v) is 11.4. The molecule has 3 rings (SSSR count). The maximum absolute atomic E-state index is 13.1. The van der Waals surface area contributed by atoms with Gasteiger partial charge in [0.25, 0.3) is 15.9 Å². The average Bonchev–Trinajstić information content (AvgIpc) is 2.87. The third-order valence-electron chi connectivity index (χ3n) is 4.92. The summed E-state index contributed by atoms with van der Waals surface area (Å²) in [4.78, 5) is 37.2. The van der Waals surface area contributed by atoms with Crippen LogP contribution in [0.5, 0.6) is 0 Å². The number of methoxy groups -OCH3 is 2. The number of nitrogens with zero attached hydrogens (tertiary/aromatic N) is 1. The number of sulfonamides is 1. The number of carbonyl (C=O) groups is 3. The fraction of sp³-hybridized carbons (Fsp3) is 0.125. The van der Waals surface area contributed by atoms with Crippen molar-refractivity contribution in [3.05, 3.63) is 89.5 Å². The Hall–Kier alpha value is -4.18. The van der Waals surface area contributed by atoms with E-state index in [1.165, 1.54) is 63.7 Å². The summed E-state index contributed by atoms with van der Waals surface area (Å²) >= 11 is 0. The zero-order chi connectivity index (χ0) is 24.9. The van der Waals surface area contributed by atoms with Crippen LogP contribution in [-0.2, 0) is 19.5 Å². The molecule has 0 aliphatic carbocycles. The van der Waals surface area contributed by atoms with Crippen molar-refractivity contribution < 1.29 is 32.3 Å². The molecule has 0 fully saturated rings. The Morgan fingerprint density at radius 2 is 1.32 bits per heavy atom. The van der Waals surface area contributed by atoms with Crippen LogP contribution < -0.4 is 9.62 Å². The van der Waals surface area contributed by atoms with Crippen molar-refractivity contribution in [3.63, 3.8) is 0 Å². The van der Waals surface area contributed by atoms with Gasteiger partial charge in [0.05, 0.1) is 41.5 Å². The SMILES string of the molecule is COC(=O)c1cc(NC(=O)c2ccccc2N(C)S(=O)(=O)c2ccccc2)cc(C(=O)OC)c1. The van der Waals surface area contributed by atoms with Crippen LogP contribution in [0.2, 0.25) is 0 Å². The first-order valence-electron chi connectivity index (χ1n) is 9.95. The van der Waals surface area contributed by atoms with E-state index in [1.807, 2.05) is 0 Å². The normalized spacial score (nSPS) is 10.8. The van der Waals surface area contributed by atoms with E-state index in [9.17, 15) is 22.8 Å². The van der Waals surface area contributed by atoms with Gasteiger partial charge in [-0.15, -0.1) is 0 Å². The van der Waals surface area contributed by atoms with Gasteiger partial charge in [-0.05, 0) is 42.5 Å². The number of rotatable bonds is 7. The van der Waals surface area contributed by atoms with Crippen molar-refractivity contribution >= 4 is 39.2 Å². The number of anilines is 2. The molecule has 0 unspecified atom stereocenters. The third-order valence-corrected chi connectivity index (χ3v) is 6.71. The smallest absolute Gasteiger partial charge is 0.337 e. The minimum Gasteiger partial charge on any atom is -0.465 e. The van der Waals surface area contributed by atoms with E-state index < -0.39 is 27.9 Å². The van der Waals surface area contributed by atoms with Crippen LogP contribution in [0.3, 0.4) is 0 Å². The molecule has 3 aromatic carbocycles. The van der Waals surface area contributed by atoms with Gasteiger partial charge in [0.2, 0.25) is 0 Å². The van der Waals surface area contributed by atoms with Gasteiger partial charge in [-0.2, -0.15) is 0 Å². The van der Waals surface area contributed by atoms with Gasteiger partial charge in [-0.1, -0.05) is 30.3 Å². The quantitative estimate of drug-likeness (QED) is 0.513. The summed E-state index contributed by atoms with van der Waals surface area (Å²) in [5, 5.41) is 2.61. The molecule has 0 spiro atoms. The van der Waals surface area contributed by atoms with Crippen molar-refractivity contribution in [1.82, 2.24) is 0 Å². The van der Waals surface area contributed by atoms with Crippen molar-refractivity contribution in [2.75, 3.05) is 30.9 Å². The summed E-state index contributed by atoms with van der Waals surface area (Å²) in [6.45, 7) is 0. The lowest BCUT2D eigenvalue weighted by Crippen LogP contribution is -2.29. The summed E-state index contributed by atoms with van der Waals surface area (Å²) in [5.41, 5.74) is 0.376. The Labute approximate surface area is 197 Å². The summed E-state index contributed by atoms with van der Waals surface area (Å²) in [6.07, 6.45) is 0. The zero-order valence-electron chi connectivity index (χ0n) is 18.6. The molecule has 0 aliphatic rings. The Kier molecular flexibility index (Phi) is 7.32. The lowest BCUT2D eigenvalue weighted by molar-refractivity contribution is 0.0598. The van der Waals surface area contributed by atoms with E-state index in [1.54, 1.807) is 30.3 Å². The molecular weight excluding hydrogens is 460 g/mol. The summed E-state index contributed by atoms with van der Waals surface area (Å²) in [6, 6.07) is 17.9. The van der Waals surface area contributed by atoms with Gasteiger partial charge in [-0.25, -0.2) is 18.0 Å². The first kappa shape index (κ1) is 24.5. The number of ether oxygens (including phenoxy) is 2. The highest BCUT2D eigenvalue weighted by molar-refractivity contribution is 7.92. The molecule has 10 heteroatoms. The lowest BCUT2D eigenvalue weighted by Gasteiger charge is -2.22. The standard InChI is InChI=1S/C24H22N2O7S/c1-26(34(30,31)19-9-5-4-6-10-19)21-12-8-7-11-20(21)22(27)25-18-14-16(23(28)32-2)13-17(15-18)24(29)33-3/h4-15H,1-3H3,(H,25,27). The second-order valence-electron chi connectivity index (χ2n) is 7.04. The Morgan fingerprint density at radius 3 is 1.88 bits per heavy atom. The molecular formula is C24H22N2O7S. The molecule has 0 bridgehead atoms. The number of hydrogen-bond donors (Lipinski definition) is 1. The summed E-state index contributed by atoms with van der Waals surface area (Å²) in [5.74, 6) is -2.07. The van der Waals surface area contributed by atoms with Crippen LogP contribution in [0.1, 0.15) is 31.1 Å². The Morgan fingerprint density at radius 1 is 0.794 bits per heavy atom. The fourth-order valence-corrected chi connectivity index (χ4v) is 4.43. The number of hydrogen-bond acceptors (Lipinski definition) is 7. The van der Waals surface area contributed by atoms with E-state index in [2.05, 4.69) is 5.32 Å². The lowest BCUT2D eigenvalue weighted by atomic mass is 10.1. The van der Waals surface area contributed by atoms with Crippen LogP contribution in [0, 0.1) is 0 Å². The second kappa shape index (κ2) is 10.2. The number of para-hydroxylation sites is 1. The summed E-state index contributed by atoms with van der Waals surface area (Å²) < 4.78 is 36.5. The van der Waals surface area contributed by atoms with Crippen molar-refractivity contribution in [3.8, 4) is 0 Å². The maximum atomic E-state index is 13.1. The number of benzene rings is 3. The van der Waals surface area contributed by atoms with Gasteiger partial charge in [0.15, 0.2) is 0 Å². The first-order chi connectivity index (χ1) is 16.2. The third kappa shape index (κ3) is 5.07. The number of nitrogens with one attached hydrogen (secondary N) is 1. The van der Waals surface area contributed by atoms with Crippen molar-refractivity contribution in [1.29, 1.82) is 0 Å². The van der Waals surface area contributed by atoms with Crippen molar-refractivity contribution in [2.24, 2.45) is 0 Å². The topological polar surface area (TPSA) is 119 Å². The van der Waals surface area contributed by atoms with E-state index >= 15 is 0 Å². The zero-order valence-corrected chi connectivity index (χ0v) is 19.5. The van der Waals surface area contributed by atoms with Gasteiger partial charge in [0.1, 0.15) is 0 Å². The molecule has 0 radical (unpaired) electrons. The molecule has 0 saturated heterocycles. The molecule has 0 saturated carbocycles. The van der Waals surface area contributed by atoms with Crippen LogP contribution in [-0.4, -0.2) is 47.5 Å². The maximum Gasteiger partial charge on any atom is 0.337 e. The van der Waals surface area contributed by atoms with Crippen LogP contribution in [0.25, 0.3) is 0 Å². The monoisotopic (exact) mass is 482 g/mol. The molecule has 0 atom stereocenters. The minimum absolute atomic E-state index is 0.0257. The number of amides is 1. The van der Waals surface area contributed by atoms with E-state index in [0.717, 1.165) is 4.31 Å². The highest BCUT2D eigenvalue weighted by Crippen LogP contribution is 2.27. The molecule has 0 aromatic heterocycles. The fourth-order valence-electron chi connectivity index (χ4n) is 3.19. The molecule has 176 valence electrons. The minimum atomic E-state index is -3.93.